The van der Waals surface area contributed by atoms with Gasteiger partial charge >= 0.3 is 0 Å². The van der Waals surface area contributed by atoms with Crippen LogP contribution in [0.1, 0.15) is 62.1 Å². The summed E-state index contributed by atoms with van der Waals surface area (Å²) < 4.78 is 0. The molecule has 0 spiro atoms. The summed E-state index contributed by atoms with van der Waals surface area (Å²) in [6.45, 7) is 7.66. The zero-order valence-corrected chi connectivity index (χ0v) is 19.6. The molecule has 6 heteroatoms. The Morgan fingerprint density at radius 1 is 1.23 bits per heavy atom. The van der Waals surface area contributed by atoms with Crippen molar-refractivity contribution in [1.82, 2.24) is 9.80 Å². The normalized spacial score (nSPS) is 15.9. The molecule has 0 saturated heterocycles. The second kappa shape index (κ2) is 10.5. The van der Waals surface area contributed by atoms with Gasteiger partial charge in [0.15, 0.2) is 0 Å². The van der Waals surface area contributed by atoms with Crippen molar-refractivity contribution in [3.05, 3.63) is 56.7 Å². The summed E-state index contributed by atoms with van der Waals surface area (Å²) in [4.78, 5) is 31.2. The van der Waals surface area contributed by atoms with Crippen molar-refractivity contribution in [2.45, 2.75) is 52.5 Å². The fourth-order valence-electron chi connectivity index (χ4n) is 4.03. The van der Waals surface area contributed by atoms with Gasteiger partial charge in [0.1, 0.15) is 0 Å². The summed E-state index contributed by atoms with van der Waals surface area (Å²) in [6, 6.07) is 9.74. The van der Waals surface area contributed by atoms with Crippen LogP contribution in [0.3, 0.4) is 0 Å². The van der Waals surface area contributed by atoms with Crippen LogP contribution in [0.15, 0.2) is 35.7 Å². The first-order valence-electron chi connectivity index (χ1n) is 10.8. The van der Waals surface area contributed by atoms with E-state index < -0.39 is 0 Å². The predicted octanol–water partition coefficient (Wildman–Crippen LogP) is 5.55. The van der Waals surface area contributed by atoms with Crippen LogP contribution in [0.25, 0.3) is 0 Å². The standard InChI is InChI=1S/C24H31ClN2O2S/c1-4-5-6-22(28)26(15-17(2)3)16-23(29)27-13-11-21-20(12-14-30-21)24(27)18-7-9-19(25)10-8-18/h7-10,12,14,17,24H,4-6,11,13,15-16H2,1-3H3. The van der Waals surface area contributed by atoms with Crippen molar-refractivity contribution < 1.29 is 9.59 Å². The Hall–Kier alpha value is -1.85. The van der Waals surface area contributed by atoms with Gasteiger partial charge in [-0.3, -0.25) is 9.59 Å². The van der Waals surface area contributed by atoms with E-state index in [1.807, 2.05) is 29.2 Å². The number of unbranched alkanes of at least 4 members (excludes halogenated alkanes) is 1. The molecule has 2 heterocycles. The number of halogens is 1. The summed E-state index contributed by atoms with van der Waals surface area (Å²) in [5.41, 5.74) is 2.24. The highest BCUT2D eigenvalue weighted by molar-refractivity contribution is 7.10. The fraction of sp³-hybridized carbons (Fsp3) is 0.500. The van der Waals surface area contributed by atoms with Crippen molar-refractivity contribution >= 4 is 34.8 Å². The first-order chi connectivity index (χ1) is 14.4. The van der Waals surface area contributed by atoms with E-state index in [1.54, 1.807) is 16.2 Å². The second-order valence-electron chi connectivity index (χ2n) is 8.36. The zero-order chi connectivity index (χ0) is 21.7. The summed E-state index contributed by atoms with van der Waals surface area (Å²) >= 11 is 7.85. The van der Waals surface area contributed by atoms with Crippen LogP contribution in [0, 0.1) is 5.92 Å². The van der Waals surface area contributed by atoms with Gasteiger partial charge in [-0.15, -0.1) is 11.3 Å². The van der Waals surface area contributed by atoms with Gasteiger partial charge in [-0.1, -0.05) is 50.9 Å². The predicted molar refractivity (Wildman–Crippen MR) is 124 cm³/mol. The third kappa shape index (κ3) is 5.44. The zero-order valence-electron chi connectivity index (χ0n) is 18.1. The van der Waals surface area contributed by atoms with Crippen LogP contribution in [0.2, 0.25) is 5.02 Å². The average molecular weight is 447 g/mol. The number of hydrogen-bond acceptors (Lipinski definition) is 3. The van der Waals surface area contributed by atoms with E-state index in [0.29, 0.717) is 30.5 Å². The Bertz CT molecular complexity index is 862. The van der Waals surface area contributed by atoms with E-state index in [-0.39, 0.29) is 24.4 Å². The summed E-state index contributed by atoms with van der Waals surface area (Å²) in [7, 11) is 0. The Kier molecular flexibility index (Phi) is 7.95. The second-order valence-corrected chi connectivity index (χ2v) is 9.80. The molecular formula is C24H31ClN2O2S. The molecule has 1 atom stereocenters. The minimum Gasteiger partial charge on any atom is -0.333 e. The van der Waals surface area contributed by atoms with E-state index in [0.717, 1.165) is 24.8 Å². The molecule has 2 aromatic rings. The van der Waals surface area contributed by atoms with Crippen LogP contribution in [0.4, 0.5) is 0 Å². The van der Waals surface area contributed by atoms with E-state index in [2.05, 4.69) is 32.2 Å². The van der Waals surface area contributed by atoms with Crippen molar-refractivity contribution in [3.8, 4) is 0 Å². The van der Waals surface area contributed by atoms with Gasteiger partial charge in [0.2, 0.25) is 11.8 Å². The van der Waals surface area contributed by atoms with E-state index in [4.69, 9.17) is 11.6 Å². The molecule has 0 aliphatic carbocycles. The molecule has 1 aromatic carbocycles. The number of amides is 2. The molecule has 0 radical (unpaired) electrons. The third-order valence-corrected chi connectivity index (χ3v) is 6.73. The monoisotopic (exact) mass is 446 g/mol. The minimum absolute atomic E-state index is 0.0114. The first kappa shape index (κ1) is 22.8. The number of carbonyl (C=O) groups excluding carboxylic acids is 2. The summed E-state index contributed by atoms with van der Waals surface area (Å²) in [5.74, 6) is 0.410. The van der Waals surface area contributed by atoms with Gasteiger partial charge < -0.3 is 9.80 Å². The number of benzene rings is 1. The Morgan fingerprint density at radius 2 is 1.97 bits per heavy atom. The molecule has 0 saturated carbocycles. The maximum absolute atomic E-state index is 13.5. The molecule has 3 rings (SSSR count). The minimum atomic E-state index is -0.128. The maximum atomic E-state index is 13.5. The van der Waals surface area contributed by atoms with Gasteiger partial charge in [-0.05, 0) is 53.5 Å². The molecule has 1 aromatic heterocycles. The topological polar surface area (TPSA) is 40.6 Å². The van der Waals surface area contributed by atoms with Gasteiger partial charge in [-0.25, -0.2) is 0 Å². The quantitative estimate of drug-likeness (QED) is 0.533. The lowest BCUT2D eigenvalue weighted by atomic mass is 9.93. The number of carbonyl (C=O) groups is 2. The molecule has 1 aliphatic heterocycles. The molecule has 162 valence electrons. The molecule has 0 bridgehead atoms. The number of hydrogen-bond donors (Lipinski definition) is 0. The molecule has 1 unspecified atom stereocenters. The van der Waals surface area contributed by atoms with E-state index >= 15 is 0 Å². The third-order valence-electron chi connectivity index (χ3n) is 5.48. The van der Waals surface area contributed by atoms with Gasteiger partial charge in [0.25, 0.3) is 0 Å². The summed E-state index contributed by atoms with van der Waals surface area (Å²) in [6.07, 6.45) is 3.19. The maximum Gasteiger partial charge on any atom is 0.242 e. The lowest BCUT2D eigenvalue weighted by molar-refractivity contribution is -0.142. The van der Waals surface area contributed by atoms with Crippen molar-refractivity contribution in [2.75, 3.05) is 19.6 Å². The highest BCUT2D eigenvalue weighted by atomic mass is 35.5. The smallest absolute Gasteiger partial charge is 0.242 e. The van der Waals surface area contributed by atoms with Crippen LogP contribution in [0.5, 0.6) is 0 Å². The highest BCUT2D eigenvalue weighted by Crippen LogP contribution is 2.38. The van der Waals surface area contributed by atoms with E-state index in [1.165, 1.54) is 10.4 Å². The molecule has 0 fully saturated rings. The van der Waals surface area contributed by atoms with Crippen LogP contribution < -0.4 is 0 Å². The van der Waals surface area contributed by atoms with Gasteiger partial charge in [0.05, 0.1) is 12.6 Å². The molecular weight excluding hydrogens is 416 g/mol. The SMILES string of the molecule is CCCCC(=O)N(CC(=O)N1CCc2sccc2C1c1ccc(Cl)cc1)CC(C)C. The number of rotatable bonds is 8. The average Bonchev–Trinajstić information content (AvgIpc) is 3.20. The number of fused-ring (bicyclic) bond motifs is 1. The molecule has 0 N–H and O–H groups in total. The fourth-order valence-corrected chi connectivity index (χ4v) is 5.05. The number of nitrogens with zero attached hydrogens (tertiary/aromatic N) is 2. The Balaban J connectivity index is 1.84. The largest absolute Gasteiger partial charge is 0.333 e. The molecule has 30 heavy (non-hydrogen) atoms. The van der Waals surface area contributed by atoms with E-state index in [9.17, 15) is 9.59 Å². The van der Waals surface area contributed by atoms with Crippen molar-refractivity contribution in [3.63, 3.8) is 0 Å². The van der Waals surface area contributed by atoms with Crippen LogP contribution in [-0.4, -0.2) is 41.2 Å². The van der Waals surface area contributed by atoms with Gasteiger partial charge in [0, 0.05) is 29.4 Å². The van der Waals surface area contributed by atoms with Crippen LogP contribution >= 0.6 is 22.9 Å². The Labute approximate surface area is 188 Å². The Morgan fingerprint density at radius 3 is 2.63 bits per heavy atom. The van der Waals surface area contributed by atoms with Crippen molar-refractivity contribution in [1.29, 1.82) is 0 Å². The molecule has 1 aliphatic rings. The highest BCUT2D eigenvalue weighted by Gasteiger charge is 2.34. The molecule has 2 amide bonds. The molecule has 4 nitrogen and oxygen atoms in total. The summed E-state index contributed by atoms with van der Waals surface area (Å²) in [5, 5.41) is 2.78. The van der Waals surface area contributed by atoms with Crippen LogP contribution in [-0.2, 0) is 16.0 Å². The van der Waals surface area contributed by atoms with Crippen molar-refractivity contribution in [2.24, 2.45) is 5.92 Å². The lowest BCUT2D eigenvalue weighted by Gasteiger charge is -2.38. The first-order valence-corrected chi connectivity index (χ1v) is 12.1. The number of thiophene rings is 1. The lowest BCUT2D eigenvalue weighted by Crippen LogP contribution is -2.47. The van der Waals surface area contributed by atoms with Gasteiger partial charge in [-0.2, -0.15) is 0 Å².